The van der Waals surface area contributed by atoms with E-state index in [1.165, 1.54) is 0 Å². The molecule has 2 aromatic rings. The average molecular weight is 284 g/mol. The highest BCUT2D eigenvalue weighted by Crippen LogP contribution is 2.20. The molecule has 1 heterocycles. The van der Waals surface area contributed by atoms with Gasteiger partial charge in [-0.3, -0.25) is 9.78 Å². The Morgan fingerprint density at radius 3 is 2.71 bits per heavy atom. The standard InChI is InChI=1S/C17H20N2O2/c1-12(2)21-16-8-7-14(10-13(16)3)11-19-17(20)15-6-4-5-9-18-15/h4-10,12H,11H2,1-3H3,(H,19,20). The molecular formula is C17H20N2O2. The Kier molecular flexibility index (Phi) is 4.93. The molecule has 110 valence electrons. The van der Waals surface area contributed by atoms with Crippen LogP contribution < -0.4 is 10.1 Å². The van der Waals surface area contributed by atoms with Crippen LogP contribution in [0.4, 0.5) is 0 Å². The van der Waals surface area contributed by atoms with E-state index < -0.39 is 0 Å². The summed E-state index contributed by atoms with van der Waals surface area (Å²) in [6.45, 7) is 6.47. The number of amides is 1. The van der Waals surface area contributed by atoms with Crippen molar-refractivity contribution in [2.75, 3.05) is 0 Å². The fourth-order valence-corrected chi connectivity index (χ4v) is 1.98. The molecule has 0 aliphatic rings. The highest BCUT2D eigenvalue weighted by Gasteiger charge is 2.07. The van der Waals surface area contributed by atoms with Gasteiger partial charge < -0.3 is 10.1 Å². The summed E-state index contributed by atoms with van der Waals surface area (Å²) in [7, 11) is 0. The summed E-state index contributed by atoms with van der Waals surface area (Å²) in [5.41, 5.74) is 2.52. The van der Waals surface area contributed by atoms with Crippen LogP contribution in [-0.2, 0) is 6.54 Å². The molecule has 1 aromatic heterocycles. The Morgan fingerprint density at radius 1 is 1.29 bits per heavy atom. The van der Waals surface area contributed by atoms with Gasteiger partial charge in [0, 0.05) is 12.7 Å². The number of benzene rings is 1. The molecular weight excluding hydrogens is 264 g/mol. The van der Waals surface area contributed by atoms with Gasteiger partial charge >= 0.3 is 0 Å². The predicted molar refractivity (Wildman–Crippen MR) is 82.4 cm³/mol. The summed E-state index contributed by atoms with van der Waals surface area (Å²) in [5, 5.41) is 2.86. The number of carbonyl (C=O) groups is 1. The molecule has 0 bridgehead atoms. The van der Waals surface area contributed by atoms with E-state index in [0.717, 1.165) is 16.9 Å². The number of carbonyl (C=O) groups excluding carboxylic acids is 1. The van der Waals surface area contributed by atoms with E-state index in [-0.39, 0.29) is 12.0 Å². The third kappa shape index (κ3) is 4.31. The third-order valence-corrected chi connectivity index (χ3v) is 2.95. The van der Waals surface area contributed by atoms with Crippen LogP contribution in [-0.4, -0.2) is 17.0 Å². The van der Waals surface area contributed by atoms with Crippen LogP contribution in [0.25, 0.3) is 0 Å². The second-order valence-electron chi connectivity index (χ2n) is 5.16. The summed E-state index contributed by atoms with van der Waals surface area (Å²) in [6.07, 6.45) is 1.76. The van der Waals surface area contributed by atoms with Crippen LogP contribution in [0, 0.1) is 6.92 Å². The molecule has 1 aromatic carbocycles. The lowest BCUT2D eigenvalue weighted by Crippen LogP contribution is -2.23. The maximum absolute atomic E-state index is 11.9. The lowest BCUT2D eigenvalue weighted by atomic mass is 10.1. The van der Waals surface area contributed by atoms with Crippen molar-refractivity contribution in [2.45, 2.75) is 33.4 Å². The van der Waals surface area contributed by atoms with Gasteiger partial charge in [-0.15, -0.1) is 0 Å². The first kappa shape index (κ1) is 15.0. The molecule has 4 nitrogen and oxygen atoms in total. The van der Waals surface area contributed by atoms with E-state index in [4.69, 9.17) is 4.74 Å². The van der Waals surface area contributed by atoms with Crippen molar-refractivity contribution in [3.8, 4) is 5.75 Å². The molecule has 0 radical (unpaired) electrons. The Balaban J connectivity index is 1.98. The molecule has 0 unspecified atom stereocenters. The van der Waals surface area contributed by atoms with E-state index in [0.29, 0.717) is 12.2 Å². The van der Waals surface area contributed by atoms with Crippen LogP contribution in [0.5, 0.6) is 5.75 Å². The second kappa shape index (κ2) is 6.88. The SMILES string of the molecule is Cc1cc(CNC(=O)c2ccccn2)ccc1OC(C)C. The molecule has 0 atom stereocenters. The minimum absolute atomic E-state index is 0.151. The quantitative estimate of drug-likeness (QED) is 0.918. The Morgan fingerprint density at radius 2 is 2.10 bits per heavy atom. The topological polar surface area (TPSA) is 51.2 Å². The van der Waals surface area contributed by atoms with E-state index in [1.807, 2.05) is 39.0 Å². The number of aryl methyl sites for hydroxylation is 1. The summed E-state index contributed by atoms with van der Waals surface area (Å²) < 4.78 is 5.70. The van der Waals surface area contributed by atoms with Crippen molar-refractivity contribution in [3.63, 3.8) is 0 Å². The smallest absolute Gasteiger partial charge is 0.270 e. The van der Waals surface area contributed by atoms with Crippen LogP contribution in [0.3, 0.4) is 0 Å². The average Bonchev–Trinajstić information content (AvgIpc) is 2.48. The number of rotatable bonds is 5. The van der Waals surface area contributed by atoms with Gasteiger partial charge in [0.1, 0.15) is 11.4 Å². The Bertz CT molecular complexity index is 609. The minimum atomic E-state index is -0.171. The van der Waals surface area contributed by atoms with Crippen LogP contribution >= 0.6 is 0 Å². The van der Waals surface area contributed by atoms with Gasteiger partial charge in [-0.2, -0.15) is 0 Å². The highest BCUT2D eigenvalue weighted by atomic mass is 16.5. The second-order valence-corrected chi connectivity index (χ2v) is 5.16. The van der Waals surface area contributed by atoms with Crippen molar-refractivity contribution < 1.29 is 9.53 Å². The number of aromatic nitrogens is 1. The van der Waals surface area contributed by atoms with E-state index in [2.05, 4.69) is 10.3 Å². The molecule has 4 heteroatoms. The number of hydrogen-bond acceptors (Lipinski definition) is 3. The molecule has 0 fully saturated rings. The maximum Gasteiger partial charge on any atom is 0.270 e. The molecule has 0 aliphatic carbocycles. The number of nitrogens with one attached hydrogen (secondary N) is 1. The summed E-state index contributed by atoms with van der Waals surface area (Å²) >= 11 is 0. The monoisotopic (exact) mass is 284 g/mol. The van der Waals surface area contributed by atoms with Crippen molar-refractivity contribution >= 4 is 5.91 Å². The first-order chi connectivity index (χ1) is 10.1. The Hall–Kier alpha value is -2.36. The van der Waals surface area contributed by atoms with E-state index in [9.17, 15) is 4.79 Å². The lowest BCUT2D eigenvalue weighted by molar-refractivity contribution is 0.0946. The number of ether oxygens (including phenoxy) is 1. The van der Waals surface area contributed by atoms with Gasteiger partial charge in [0.2, 0.25) is 0 Å². The summed E-state index contributed by atoms with van der Waals surface area (Å²) in [4.78, 5) is 15.9. The first-order valence-electron chi connectivity index (χ1n) is 7.01. The van der Waals surface area contributed by atoms with Gasteiger partial charge in [0.15, 0.2) is 0 Å². The summed E-state index contributed by atoms with van der Waals surface area (Å²) in [5.74, 6) is 0.709. The van der Waals surface area contributed by atoms with Crippen molar-refractivity contribution in [1.82, 2.24) is 10.3 Å². The molecule has 0 saturated carbocycles. The number of hydrogen-bond donors (Lipinski definition) is 1. The lowest BCUT2D eigenvalue weighted by Gasteiger charge is -2.13. The first-order valence-corrected chi connectivity index (χ1v) is 7.01. The molecule has 2 rings (SSSR count). The normalized spacial score (nSPS) is 10.5. The zero-order valence-electron chi connectivity index (χ0n) is 12.6. The van der Waals surface area contributed by atoms with Crippen LogP contribution in [0.2, 0.25) is 0 Å². The van der Waals surface area contributed by atoms with E-state index in [1.54, 1.807) is 24.4 Å². The zero-order valence-corrected chi connectivity index (χ0v) is 12.6. The van der Waals surface area contributed by atoms with E-state index >= 15 is 0 Å². The minimum Gasteiger partial charge on any atom is -0.491 e. The summed E-state index contributed by atoms with van der Waals surface area (Å²) in [6, 6.07) is 11.2. The molecule has 0 saturated heterocycles. The Labute approximate surface area is 125 Å². The molecule has 1 amide bonds. The fraction of sp³-hybridized carbons (Fsp3) is 0.294. The molecule has 0 spiro atoms. The maximum atomic E-state index is 11.9. The third-order valence-electron chi connectivity index (χ3n) is 2.95. The number of nitrogens with zero attached hydrogens (tertiary/aromatic N) is 1. The molecule has 1 N–H and O–H groups in total. The predicted octanol–water partition coefficient (Wildman–Crippen LogP) is 3.11. The largest absolute Gasteiger partial charge is 0.491 e. The fourth-order valence-electron chi connectivity index (χ4n) is 1.98. The molecule has 21 heavy (non-hydrogen) atoms. The van der Waals surface area contributed by atoms with Crippen LogP contribution in [0.1, 0.15) is 35.5 Å². The van der Waals surface area contributed by atoms with Gasteiger partial charge in [-0.05, 0) is 50.1 Å². The van der Waals surface area contributed by atoms with Crippen molar-refractivity contribution in [3.05, 3.63) is 59.4 Å². The van der Waals surface area contributed by atoms with Gasteiger partial charge in [-0.1, -0.05) is 18.2 Å². The van der Waals surface area contributed by atoms with Crippen LogP contribution in [0.15, 0.2) is 42.6 Å². The highest BCUT2D eigenvalue weighted by molar-refractivity contribution is 5.92. The number of pyridine rings is 1. The van der Waals surface area contributed by atoms with Crippen molar-refractivity contribution in [2.24, 2.45) is 0 Å². The van der Waals surface area contributed by atoms with Gasteiger partial charge in [-0.25, -0.2) is 0 Å². The van der Waals surface area contributed by atoms with Gasteiger partial charge in [0.25, 0.3) is 5.91 Å². The molecule has 0 aliphatic heterocycles. The van der Waals surface area contributed by atoms with Crippen molar-refractivity contribution in [1.29, 1.82) is 0 Å². The van der Waals surface area contributed by atoms with Gasteiger partial charge in [0.05, 0.1) is 6.10 Å². The zero-order chi connectivity index (χ0) is 15.2.